The zero-order chi connectivity index (χ0) is 10.4. The molecule has 0 radical (unpaired) electrons. The topological polar surface area (TPSA) is 53.1 Å². The fraction of sp³-hybridized carbons (Fsp3) is 0.545. The van der Waals surface area contributed by atoms with Crippen LogP contribution in [0.2, 0.25) is 0 Å². The molecule has 4 heteroatoms. The highest BCUT2D eigenvalue weighted by Crippen LogP contribution is 2.43. The molecule has 0 amide bonds. The number of rotatable bonds is 0. The van der Waals surface area contributed by atoms with Gasteiger partial charge in [-0.3, -0.25) is 4.90 Å². The van der Waals surface area contributed by atoms with Crippen molar-refractivity contribution in [2.75, 3.05) is 18.8 Å². The minimum atomic E-state index is 0.585. The second-order valence-electron chi connectivity index (χ2n) is 4.34. The third-order valence-corrected chi connectivity index (χ3v) is 4.54. The Balaban J connectivity index is 2.18. The van der Waals surface area contributed by atoms with Gasteiger partial charge in [-0.05, 0) is 37.4 Å². The highest BCUT2D eigenvalue weighted by atomic mass is 32.1. The number of piperidine rings is 1. The van der Waals surface area contributed by atoms with Gasteiger partial charge in [0.05, 0.1) is 5.56 Å². The number of nitrogens with two attached hydrogens (primary N) is 1. The number of hydrogen-bond donors (Lipinski definition) is 1. The monoisotopic (exact) mass is 219 g/mol. The molecule has 0 spiro atoms. The Kier molecular flexibility index (Phi) is 1.98. The molecular weight excluding hydrogens is 206 g/mol. The van der Waals surface area contributed by atoms with Gasteiger partial charge in [0.2, 0.25) is 0 Å². The Bertz CT molecular complexity index is 435. The van der Waals surface area contributed by atoms with Gasteiger partial charge >= 0.3 is 0 Å². The van der Waals surface area contributed by atoms with Gasteiger partial charge in [0.1, 0.15) is 11.1 Å². The SMILES string of the molecule is N#Cc1c(N)sc2c1C1CCN(CC1)C2. The van der Waals surface area contributed by atoms with E-state index in [1.54, 1.807) is 11.3 Å². The van der Waals surface area contributed by atoms with Gasteiger partial charge in [0.25, 0.3) is 0 Å². The normalized spacial score (nSPS) is 28.2. The molecule has 0 aromatic carbocycles. The summed E-state index contributed by atoms with van der Waals surface area (Å²) in [5.74, 6) is 0.585. The lowest BCUT2D eigenvalue weighted by Crippen LogP contribution is -2.28. The molecule has 3 aliphatic rings. The largest absolute Gasteiger partial charge is 0.389 e. The molecule has 0 aliphatic carbocycles. The van der Waals surface area contributed by atoms with E-state index in [4.69, 9.17) is 11.0 Å². The van der Waals surface area contributed by atoms with E-state index >= 15 is 0 Å². The molecule has 4 heterocycles. The van der Waals surface area contributed by atoms with Crippen molar-refractivity contribution in [3.63, 3.8) is 0 Å². The molecule has 0 unspecified atom stereocenters. The average Bonchev–Trinajstić information content (AvgIpc) is 2.38. The number of fused-ring (bicyclic) bond motifs is 2. The molecule has 3 nitrogen and oxygen atoms in total. The van der Waals surface area contributed by atoms with Crippen molar-refractivity contribution in [2.24, 2.45) is 0 Å². The highest BCUT2D eigenvalue weighted by Gasteiger charge is 2.32. The molecule has 3 aliphatic heterocycles. The van der Waals surface area contributed by atoms with Crippen molar-refractivity contribution in [1.29, 1.82) is 5.26 Å². The molecule has 1 fully saturated rings. The van der Waals surface area contributed by atoms with E-state index < -0.39 is 0 Å². The molecule has 1 saturated heterocycles. The maximum Gasteiger partial charge on any atom is 0.104 e. The summed E-state index contributed by atoms with van der Waals surface area (Å²) in [5.41, 5.74) is 7.94. The molecule has 1 aromatic rings. The van der Waals surface area contributed by atoms with Crippen molar-refractivity contribution >= 4 is 16.3 Å². The van der Waals surface area contributed by atoms with Crippen LogP contribution in [0.3, 0.4) is 0 Å². The maximum absolute atomic E-state index is 9.15. The Morgan fingerprint density at radius 1 is 1.40 bits per heavy atom. The van der Waals surface area contributed by atoms with E-state index in [9.17, 15) is 0 Å². The summed E-state index contributed by atoms with van der Waals surface area (Å²) in [4.78, 5) is 3.81. The first-order valence-corrected chi connectivity index (χ1v) is 6.14. The van der Waals surface area contributed by atoms with Crippen LogP contribution in [0.25, 0.3) is 0 Å². The third-order valence-electron chi connectivity index (χ3n) is 3.52. The third kappa shape index (κ3) is 1.27. The second-order valence-corrected chi connectivity index (χ2v) is 5.48. The summed E-state index contributed by atoms with van der Waals surface area (Å²) in [6.07, 6.45) is 2.38. The second kappa shape index (κ2) is 3.22. The van der Waals surface area contributed by atoms with Crippen LogP contribution in [-0.4, -0.2) is 18.0 Å². The van der Waals surface area contributed by atoms with Crippen LogP contribution in [0.15, 0.2) is 0 Å². The van der Waals surface area contributed by atoms with Gasteiger partial charge < -0.3 is 5.73 Å². The molecule has 2 N–H and O–H groups in total. The van der Waals surface area contributed by atoms with E-state index in [1.807, 2.05) is 0 Å². The summed E-state index contributed by atoms with van der Waals surface area (Å²) >= 11 is 1.62. The Morgan fingerprint density at radius 3 is 2.80 bits per heavy atom. The Morgan fingerprint density at radius 2 is 2.13 bits per heavy atom. The van der Waals surface area contributed by atoms with E-state index in [0.717, 1.165) is 17.1 Å². The zero-order valence-electron chi connectivity index (χ0n) is 8.49. The number of hydrogen-bond acceptors (Lipinski definition) is 4. The van der Waals surface area contributed by atoms with E-state index in [1.165, 1.54) is 36.4 Å². The fourth-order valence-electron chi connectivity index (χ4n) is 2.76. The lowest BCUT2D eigenvalue weighted by atomic mass is 9.89. The van der Waals surface area contributed by atoms with Crippen molar-refractivity contribution < 1.29 is 0 Å². The van der Waals surface area contributed by atoms with Crippen molar-refractivity contribution in [1.82, 2.24) is 4.90 Å². The highest BCUT2D eigenvalue weighted by molar-refractivity contribution is 7.16. The van der Waals surface area contributed by atoms with E-state index in [0.29, 0.717) is 5.92 Å². The summed E-state index contributed by atoms with van der Waals surface area (Å²) in [5, 5.41) is 9.86. The summed E-state index contributed by atoms with van der Waals surface area (Å²) in [6.45, 7) is 3.36. The van der Waals surface area contributed by atoms with Gasteiger partial charge in [0, 0.05) is 11.4 Å². The zero-order valence-corrected chi connectivity index (χ0v) is 9.31. The van der Waals surface area contributed by atoms with Crippen LogP contribution in [0.5, 0.6) is 0 Å². The lowest BCUT2D eigenvalue weighted by molar-refractivity contribution is 0.221. The summed E-state index contributed by atoms with van der Waals surface area (Å²) in [7, 11) is 0. The predicted octanol–water partition coefficient (Wildman–Crippen LogP) is 1.89. The van der Waals surface area contributed by atoms with Crippen LogP contribution in [-0.2, 0) is 6.54 Å². The van der Waals surface area contributed by atoms with Gasteiger partial charge in [-0.25, -0.2) is 0 Å². The van der Waals surface area contributed by atoms with Gasteiger partial charge in [-0.1, -0.05) is 0 Å². The first-order valence-electron chi connectivity index (χ1n) is 5.33. The maximum atomic E-state index is 9.15. The number of nitrogens with zero attached hydrogens (tertiary/aromatic N) is 2. The van der Waals surface area contributed by atoms with Crippen LogP contribution in [0.4, 0.5) is 5.00 Å². The number of thiophene rings is 1. The molecule has 15 heavy (non-hydrogen) atoms. The summed E-state index contributed by atoms with van der Waals surface area (Å²) in [6, 6.07) is 2.28. The first kappa shape index (κ1) is 9.20. The average molecular weight is 219 g/mol. The predicted molar refractivity (Wildman–Crippen MR) is 60.7 cm³/mol. The smallest absolute Gasteiger partial charge is 0.104 e. The van der Waals surface area contributed by atoms with Crippen LogP contribution in [0.1, 0.15) is 34.8 Å². The van der Waals surface area contributed by atoms with Gasteiger partial charge in [-0.15, -0.1) is 11.3 Å². The van der Waals surface area contributed by atoms with Crippen LogP contribution in [0, 0.1) is 11.3 Å². The molecule has 2 bridgehead atoms. The molecule has 0 atom stereocenters. The van der Waals surface area contributed by atoms with Crippen LogP contribution < -0.4 is 5.73 Å². The number of anilines is 1. The minimum Gasteiger partial charge on any atom is -0.389 e. The van der Waals surface area contributed by atoms with Crippen molar-refractivity contribution in [3.05, 3.63) is 16.0 Å². The molecule has 0 saturated carbocycles. The molecule has 4 rings (SSSR count). The molecule has 78 valence electrons. The number of nitrogen functional groups attached to an aromatic ring is 1. The molecular formula is C11H13N3S. The number of nitriles is 1. The fourth-order valence-corrected chi connectivity index (χ4v) is 3.91. The van der Waals surface area contributed by atoms with Crippen molar-refractivity contribution in [2.45, 2.75) is 25.3 Å². The van der Waals surface area contributed by atoms with E-state index in [-0.39, 0.29) is 0 Å². The lowest BCUT2D eigenvalue weighted by Gasteiger charge is -2.26. The van der Waals surface area contributed by atoms with Crippen LogP contribution >= 0.6 is 11.3 Å². The minimum absolute atomic E-state index is 0.585. The van der Waals surface area contributed by atoms with Gasteiger partial charge in [0.15, 0.2) is 0 Å². The van der Waals surface area contributed by atoms with Gasteiger partial charge in [-0.2, -0.15) is 5.26 Å². The standard InChI is InChI=1S/C11H13N3S/c12-5-8-10-7-1-3-14(4-2-7)6-9(10)15-11(8)13/h7H,1-4,6,13H2. The Hall–Kier alpha value is -1.05. The first-order chi connectivity index (χ1) is 7.29. The summed E-state index contributed by atoms with van der Waals surface area (Å²) < 4.78 is 0. The van der Waals surface area contributed by atoms with E-state index in [2.05, 4.69) is 11.0 Å². The quantitative estimate of drug-likeness (QED) is 0.725. The van der Waals surface area contributed by atoms with Crippen molar-refractivity contribution in [3.8, 4) is 6.07 Å². The molecule has 1 aromatic heterocycles. The Labute approximate surface area is 93.1 Å².